The van der Waals surface area contributed by atoms with Gasteiger partial charge < -0.3 is 10.2 Å². The number of aromatic hydroxyl groups is 1. The summed E-state index contributed by atoms with van der Waals surface area (Å²) >= 11 is 1.03. The molecule has 1 heterocycles. The van der Waals surface area contributed by atoms with Crippen LogP contribution < -0.4 is 4.72 Å². The zero-order valence-corrected chi connectivity index (χ0v) is 17.1. The molecule has 1 saturated carbocycles. The van der Waals surface area contributed by atoms with E-state index in [1.165, 1.54) is 12.1 Å². The standard InChI is InChI=1S/C21H19NO5S2/c1-13-19(14-6-3-2-4-7-14)21(13,20(24)25)22-29(26,27)18-11-10-17(28-18)15-8-5-9-16(23)12-15/h2-13,19,22-23H,1H3,(H,24,25). The third-order valence-corrected chi connectivity index (χ3v) is 8.50. The number of hydrogen-bond acceptors (Lipinski definition) is 5. The zero-order chi connectivity index (χ0) is 20.8. The van der Waals surface area contributed by atoms with Gasteiger partial charge in [0.15, 0.2) is 0 Å². The van der Waals surface area contributed by atoms with Crippen molar-refractivity contribution in [3.05, 3.63) is 72.3 Å². The fourth-order valence-corrected chi connectivity index (χ4v) is 6.61. The summed E-state index contributed by atoms with van der Waals surface area (Å²) in [4.78, 5) is 12.8. The summed E-state index contributed by atoms with van der Waals surface area (Å²) in [6.07, 6.45) is 0. The highest BCUT2D eigenvalue weighted by atomic mass is 32.2. The summed E-state index contributed by atoms with van der Waals surface area (Å²) in [6, 6.07) is 18.7. The monoisotopic (exact) mass is 429 g/mol. The lowest BCUT2D eigenvalue weighted by Gasteiger charge is -2.15. The highest BCUT2D eigenvalue weighted by Gasteiger charge is 2.70. The van der Waals surface area contributed by atoms with Crippen molar-refractivity contribution in [2.75, 3.05) is 0 Å². The zero-order valence-electron chi connectivity index (χ0n) is 15.4. The first-order valence-electron chi connectivity index (χ1n) is 8.97. The van der Waals surface area contributed by atoms with E-state index in [1.807, 2.05) is 30.3 Å². The summed E-state index contributed by atoms with van der Waals surface area (Å²) in [5, 5.41) is 19.5. The van der Waals surface area contributed by atoms with Gasteiger partial charge in [0.2, 0.25) is 0 Å². The third-order valence-electron chi connectivity index (χ3n) is 5.39. The van der Waals surface area contributed by atoms with E-state index < -0.39 is 27.4 Å². The molecule has 3 unspecified atom stereocenters. The van der Waals surface area contributed by atoms with Gasteiger partial charge in [0, 0.05) is 10.8 Å². The van der Waals surface area contributed by atoms with E-state index >= 15 is 0 Å². The average molecular weight is 430 g/mol. The van der Waals surface area contributed by atoms with Crippen LogP contribution in [0.15, 0.2) is 70.9 Å². The lowest BCUT2D eigenvalue weighted by Crippen LogP contribution is -2.45. The summed E-state index contributed by atoms with van der Waals surface area (Å²) in [7, 11) is -4.05. The average Bonchev–Trinajstić information content (AvgIpc) is 3.05. The smallest absolute Gasteiger partial charge is 0.325 e. The summed E-state index contributed by atoms with van der Waals surface area (Å²) in [6.45, 7) is 1.74. The molecule has 6 nitrogen and oxygen atoms in total. The minimum atomic E-state index is -4.05. The van der Waals surface area contributed by atoms with Gasteiger partial charge in [-0.1, -0.05) is 49.4 Å². The summed E-state index contributed by atoms with van der Waals surface area (Å²) < 4.78 is 28.5. The van der Waals surface area contributed by atoms with Crippen LogP contribution in [0.5, 0.6) is 5.75 Å². The van der Waals surface area contributed by atoms with Crippen LogP contribution in [-0.2, 0) is 14.8 Å². The molecule has 4 rings (SSSR count). The van der Waals surface area contributed by atoms with E-state index in [9.17, 15) is 23.4 Å². The van der Waals surface area contributed by atoms with Crippen molar-refractivity contribution in [2.45, 2.75) is 22.6 Å². The Bertz CT molecular complexity index is 1170. The van der Waals surface area contributed by atoms with E-state index in [2.05, 4.69) is 4.72 Å². The lowest BCUT2D eigenvalue weighted by atomic mass is 10.1. The number of carboxylic acid groups (broad SMARTS) is 1. The number of carboxylic acids is 1. The van der Waals surface area contributed by atoms with Gasteiger partial charge in [-0.25, -0.2) is 8.42 Å². The first kappa shape index (κ1) is 19.6. The molecule has 2 aromatic carbocycles. The number of rotatable bonds is 6. The largest absolute Gasteiger partial charge is 0.508 e. The Labute approximate surface area is 172 Å². The van der Waals surface area contributed by atoms with Crippen LogP contribution in [-0.4, -0.2) is 30.1 Å². The normalized spacial score (nSPS) is 23.6. The number of phenols is 1. The van der Waals surface area contributed by atoms with Gasteiger partial charge in [-0.2, -0.15) is 4.72 Å². The maximum absolute atomic E-state index is 13.0. The first-order valence-corrected chi connectivity index (χ1v) is 11.3. The van der Waals surface area contributed by atoms with Crippen LogP contribution in [0, 0.1) is 5.92 Å². The lowest BCUT2D eigenvalue weighted by molar-refractivity contribution is -0.140. The highest BCUT2D eigenvalue weighted by molar-refractivity contribution is 7.91. The molecule has 8 heteroatoms. The molecule has 0 aliphatic heterocycles. The molecule has 3 N–H and O–H groups in total. The highest BCUT2D eigenvalue weighted by Crippen LogP contribution is 2.58. The molecule has 1 aliphatic rings. The molecule has 150 valence electrons. The molecule has 3 aromatic rings. The molecule has 0 radical (unpaired) electrons. The molecule has 0 bridgehead atoms. The van der Waals surface area contributed by atoms with E-state index in [-0.39, 0.29) is 15.9 Å². The number of phenolic OH excluding ortho intramolecular Hbond substituents is 1. The van der Waals surface area contributed by atoms with Crippen molar-refractivity contribution in [2.24, 2.45) is 5.92 Å². The summed E-state index contributed by atoms with van der Waals surface area (Å²) in [5.41, 5.74) is -0.0990. The van der Waals surface area contributed by atoms with Crippen molar-refractivity contribution in [3.8, 4) is 16.2 Å². The van der Waals surface area contributed by atoms with E-state index in [0.29, 0.717) is 10.4 Å². The van der Waals surface area contributed by atoms with Crippen LogP contribution in [0.1, 0.15) is 18.4 Å². The molecule has 3 atom stereocenters. The van der Waals surface area contributed by atoms with Crippen molar-refractivity contribution in [3.63, 3.8) is 0 Å². The predicted octanol–water partition coefficient (Wildman–Crippen LogP) is 3.66. The van der Waals surface area contributed by atoms with Crippen LogP contribution in [0.4, 0.5) is 0 Å². The van der Waals surface area contributed by atoms with E-state index in [0.717, 1.165) is 16.9 Å². The Kier molecular flexibility index (Phi) is 4.72. The van der Waals surface area contributed by atoms with Crippen LogP contribution in [0.2, 0.25) is 0 Å². The van der Waals surface area contributed by atoms with Gasteiger partial charge in [0.05, 0.1) is 0 Å². The number of thiophene rings is 1. The van der Waals surface area contributed by atoms with Crippen molar-refractivity contribution in [1.29, 1.82) is 0 Å². The fraction of sp³-hybridized carbons (Fsp3) is 0.190. The molecule has 1 aliphatic carbocycles. The van der Waals surface area contributed by atoms with Gasteiger partial charge in [-0.05, 0) is 41.3 Å². The van der Waals surface area contributed by atoms with Gasteiger partial charge in [-0.3, -0.25) is 4.79 Å². The van der Waals surface area contributed by atoms with Crippen molar-refractivity contribution >= 4 is 27.3 Å². The minimum Gasteiger partial charge on any atom is -0.508 e. The SMILES string of the molecule is CC1C(c2ccccc2)C1(NS(=O)(=O)c1ccc(-c2cccc(O)c2)s1)C(=O)O. The second-order valence-corrected chi connectivity index (χ2v) is 10.1. The van der Waals surface area contributed by atoms with Gasteiger partial charge in [0.25, 0.3) is 10.0 Å². The Balaban J connectivity index is 1.65. The van der Waals surface area contributed by atoms with Crippen LogP contribution in [0.3, 0.4) is 0 Å². The number of hydrogen-bond donors (Lipinski definition) is 3. The predicted molar refractivity (Wildman–Crippen MR) is 110 cm³/mol. The number of sulfonamides is 1. The Morgan fingerprint density at radius 3 is 2.45 bits per heavy atom. The van der Waals surface area contributed by atoms with Gasteiger partial charge >= 0.3 is 5.97 Å². The Hall–Kier alpha value is -2.68. The molecule has 0 spiro atoms. The molecular weight excluding hydrogens is 410 g/mol. The first-order chi connectivity index (χ1) is 13.8. The number of aliphatic carboxylic acids is 1. The minimum absolute atomic E-state index is 0.0300. The second-order valence-electron chi connectivity index (χ2n) is 7.13. The van der Waals surface area contributed by atoms with Crippen molar-refractivity contribution in [1.82, 2.24) is 4.72 Å². The molecule has 0 amide bonds. The number of carbonyl (C=O) groups is 1. The second kappa shape index (κ2) is 6.98. The van der Waals surface area contributed by atoms with E-state index in [1.54, 1.807) is 31.2 Å². The van der Waals surface area contributed by atoms with Crippen LogP contribution in [0.25, 0.3) is 10.4 Å². The maximum atomic E-state index is 13.0. The number of nitrogens with one attached hydrogen (secondary N) is 1. The Morgan fingerprint density at radius 1 is 1.07 bits per heavy atom. The maximum Gasteiger partial charge on any atom is 0.325 e. The molecule has 0 saturated heterocycles. The van der Waals surface area contributed by atoms with Crippen molar-refractivity contribution < 1.29 is 23.4 Å². The molecule has 1 aromatic heterocycles. The molecule has 29 heavy (non-hydrogen) atoms. The van der Waals surface area contributed by atoms with Crippen LogP contribution >= 0.6 is 11.3 Å². The topological polar surface area (TPSA) is 104 Å². The summed E-state index contributed by atoms with van der Waals surface area (Å²) in [5.74, 6) is -1.93. The Morgan fingerprint density at radius 2 is 1.79 bits per heavy atom. The van der Waals surface area contributed by atoms with Gasteiger partial charge in [-0.15, -0.1) is 11.3 Å². The van der Waals surface area contributed by atoms with E-state index in [4.69, 9.17) is 0 Å². The quantitative estimate of drug-likeness (QED) is 0.555. The fourth-order valence-electron chi connectivity index (χ4n) is 3.85. The molecule has 1 fully saturated rings. The third kappa shape index (κ3) is 3.33. The number of benzene rings is 2. The molecular formula is C21H19NO5S2. The van der Waals surface area contributed by atoms with Gasteiger partial charge in [0.1, 0.15) is 15.5 Å².